The lowest BCUT2D eigenvalue weighted by molar-refractivity contribution is -0.378. The molecule has 66 heavy (non-hydrogen) atoms. The van der Waals surface area contributed by atoms with Crippen LogP contribution in [0.1, 0.15) is 107 Å². The Kier molecular flexibility index (Phi) is 15.9. The van der Waals surface area contributed by atoms with Crippen LogP contribution in [0, 0.1) is 51.8 Å². The maximum absolute atomic E-state index is 12.6. The molecule has 26 atom stereocenters. The van der Waals surface area contributed by atoms with Crippen LogP contribution in [-0.4, -0.2) is 191 Å². The number of rotatable bonds is 13. The molecule has 7 fully saturated rings. The Morgan fingerprint density at radius 1 is 0.636 bits per heavy atom. The molecule has 4 aliphatic carbocycles. The average Bonchev–Trinajstić information content (AvgIpc) is 3.64. The second kappa shape index (κ2) is 19.9. The molecule has 0 aromatic rings. The maximum atomic E-state index is 12.6. The third-order valence-electron chi connectivity index (χ3n) is 18.1. The van der Waals surface area contributed by atoms with Crippen molar-refractivity contribution in [3.8, 4) is 0 Å². The van der Waals surface area contributed by atoms with Gasteiger partial charge >= 0.3 is 0 Å². The van der Waals surface area contributed by atoms with Crippen LogP contribution in [0.5, 0.6) is 0 Å². The van der Waals surface area contributed by atoms with Crippen molar-refractivity contribution in [2.45, 2.75) is 217 Å². The van der Waals surface area contributed by atoms with E-state index in [2.05, 4.69) is 40.7 Å². The van der Waals surface area contributed by atoms with E-state index in [4.69, 9.17) is 28.4 Å². The van der Waals surface area contributed by atoms with E-state index < -0.39 is 135 Å². The van der Waals surface area contributed by atoms with Gasteiger partial charge in [0.05, 0.1) is 37.6 Å². The Balaban J connectivity index is 1.12. The average molecular weight is 947 g/mol. The summed E-state index contributed by atoms with van der Waals surface area (Å²) >= 11 is 0. The van der Waals surface area contributed by atoms with Gasteiger partial charge in [-0.15, -0.1) is 0 Å². The Hall–Kier alpha value is -0.980. The molecule has 0 bridgehead atoms. The topological polar surface area (TPSA) is 298 Å². The number of aliphatic hydroxyl groups excluding tert-OH is 12. The van der Waals surface area contributed by atoms with Gasteiger partial charge in [-0.25, -0.2) is 0 Å². The Bertz CT molecular complexity index is 1660. The van der Waals surface area contributed by atoms with Gasteiger partial charge in [0, 0.05) is 0 Å². The van der Waals surface area contributed by atoms with Gasteiger partial charge in [0.25, 0.3) is 0 Å². The lowest BCUT2D eigenvalue weighted by Crippen LogP contribution is -2.66. The number of hydrogen-bond acceptors (Lipinski definition) is 18. The van der Waals surface area contributed by atoms with Crippen molar-refractivity contribution in [3.05, 3.63) is 11.6 Å². The molecular formula is C48H82O18. The molecular weight excluding hydrogens is 865 g/mol. The van der Waals surface area contributed by atoms with Gasteiger partial charge in [0.2, 0.25) is 0 Å². The van der Waals surface area contributed by atoms with E-state index in [0.717, 1.165) is 37.7 Å². The number of allylic oxidation sites excluding steroid dienone is 2. The molecule has 382 valence electrons. The van der Waals surface area contributed by atoms with Crippen LogP contribution in [-0.2, 0) is 28.4 Å². The second-order valence-corrected chi connectivity index (χ2v) is 22.9. The van der Waals surface area contributed by atoms with Gasteiger partial charge in [0.15, 0.2) is 18.9 Å². The van der Waals surface area contributed by atoms with Crippen LogP contribution in [0.4, 0.5) is 0 Å². The molecule has 0 unspecified atom stereocenters. The molecule has 4 saturated carbocycles. The van der Waals surface area contributed by atoms with E-state index >= 15 is 0 Å². The summed E-state index contributed by atoms with van der Waals surface area (Å²) < 4.78 is 37.2. The monoisotopic (exact) mass is 947 g/mol. The van der Waals surface area contributed by atoms with Crippen LogP contribution >= 0.6 is 0 Å². The van der Waals surface area contributed by atoms with Crippen LogP contribution < -0.4 is 0 Å². The highest BCUT2D eigenvalue weighted by Gasteiger charge is 2.68. The molecule has 0 radical (unpaired) electrons. The highest BCUT2D eigenvalue weighted by molar-refractivity contribution is 5.17. The Morgan fingerprint density at radius 3 is 1.74 bits per heavy atom. The molecule has 0 aromatic carbocycles. The predicted octanol–water partition coefficient (Wildman–Crippen LogP) is -0.171. The molecule has 18 heteroatoms. The molecule has 7 aliphatic rings. The SMILES string of the molecule is CC(C)=C[C@H](C)C[C@](C)(O[C@@H]1O[C@H](CO)[C@@H](O)[C@H](O)[C@H]1O)[C@H]1CC[C@@]2(C)[C@H]1[C@@H](O)C[C@H]1[C@H]2CC[C@@H]2C(C)(C)[C@H](O[C@@H]3O[C@H](CO)[C@@H](O)[C@H](O)[C@H]3O[C@@H]3O[C@H](CO)[C@@H](O)[C@H](O)[C@H]3O)CC[C@@]21C. The van der Waals surface area contributed by atoms with Crippen molar-refractivity contribution >= 4 is 0 Å². The van der Waals surface area contributed by atoms with Crippen LogP contribution in [0.15, 0.2) is 11.6 Å². The van der Waals surface area contributed by atoms with Crippen LogP contribution in [0.2, 0.25) is 0 Å². The first-order valence-corrected chi connectivity index (χ1v) is 24.4. The van der Waals surface area contributed by atoms with E-state index in [1.165, 1.54) is 0 Å². The summed E-state index contributed by atoms with van der Waals surface area (Å²) in [5.74, 6) is 0.253. The summed E-state index contributed by atoms with van der Waals surface area (Å²) in [6.07, 6.45) is -15.9. The highest BCUT2D eigenvalue weighted by Crippen LogP contribution is 2.71. The van der Waals surface area contributed by atoms with Gasteiger partial charge in [-0.3, -0.25) is 0 Å². The molecule has 3 saturated heterocycles. The first-order valence-electron chi connectivity index (χ1n) is 24.4. The summed E-state index contributed by atoms with van der Waals surface area (Å²) in [6, 6.07) is 0. The van der Waals surface area contributed by atoms with E-state index in [-0.39, 0.29) is 46.3 Å². The highest BCUT2D eigenvalue weighted by atomic mass is 16.8. The fourth-order valence-electron chi connectivity index (χ4n) is 15.0. The van der Waals surface area contributed by atoms with Crippen molar-refractivity contribution in [3.63, 3.8) is 0 Å². The summed E-state index contributed by atoms with van der Waals surface area (Å²) in [4.78, 5) is 0. The summed E-state index contributed by atoms with van der Waals surface area (Å²) in [6.45, 7) is 15.2. The van der Waals surface area contributed by atoms with E-state index in [1.54, 1.807) is 0 Å². The van der Waals surface area contributed by atoms with Crippen LogP contribution in [0.25, 0.3) is 0 Å². The van der Waals surface area contributed by atoms with E-state index in [0.29, 0.717) is 19.3 Å². The Morgan fingerprint density at radius 2 is 1.17 bits per heavy atom. The van der Waals surface area contributed by atoms with Crippen molar-refractivity contribution in [1.82, 2.24) is 0 Å². The molecule has 0 amide bonds. The summed E-state index contributed by atoms with van der Waals surface area (Å²) in [5, 5.41) is 129. The number of aliphatic hydroxyl groups is 12. The lowest BCUT2D eigenvalue weighted by Gasteiger charge is -2.66. The van der Waals surface area contributed by atoms with Gasteiger partial charge in [-0.2, -0.15) is 0 Å². The number of ether oxygens (including phenoxy) is 6. The molecule has 7 rings (SSSR count). The molecule has 12 N–H and O–H groups in total. The van der Waals surface area contributed by atoms with E-state index in [9.17, 15) is 61.3 Å². The van der Waals surface area contributed by atoms with Gasteiger partial charge < -0.3 is 89.7 Å². The largest absolute Gasteiger partial charge is 0.394 e. The normalized spacial score (nSPS) is 51.8. The van der Waals surface area contributed by atoms with Crippen molar-refractivity contribution in [2.24, 2.45) is 51.8 Å². The summed E-state index contributed by atoms with van der Waals surface area (Å²) in [5.41, 5.74) is -0.820. The molecule has 0 spiro atoms. The van der Waals surface area contributed by atoms with Gasteiger partial charge in [-0.05, 0) is 124 Å². The van der Waals surface area contributed by atoms with Crippen LogP contribution in [0.3, 0.4) is 0 Å². The Labute approximate surface area is 388 Å². The van der Waals surface area contributed by atoms with Gasteiger partial charge in [0.1, 0.15) is 73.2 Å². The first kappa shape index (κ1) is 52.8. The fraction of sp³-hybridized carbons (Fsp3) is 0.958. The lowest BCUT2D eigenvalue weighted by atomic mass is 9.39. The third kappa shape index (κ3) is 9.23. The van der Waals surface area contributed by atoms with Crippen molar-refractivity contribution in [1.29, 1.82) is 0 Å². The molecule has 3 aliphatic heterocycles. The second-order valence-electron chi connectivity index (χ2n) is 22.9. The van der Waals surface area contributed by atoms with E-state index in [1.807, 2.05) is 20.8 Å². The van der Waals surface area contributed by atoms with Crippen molar-refractivity contribution < 1.29 is 89.7 Å². The minimum atomic E-state index is -1.79. The minimum absolute atomic E-state index is 0.0515. The quantitative estimate of drug-likeness (QED) is 0.0843. The minimum Gasteiger partial charge on any atom is -0.394 e. The fourth-order valence-corrected chi connectivity index (χ4v) is 15.0. The standard InChI is InChI=1S/C48H82O18/c1-21(2)15-22(3)17-48(8,66-43-40(60)37(57)34(54)28(19-50)62-43)24-11-13-47(7)23-9-10-30-45(4,5)31(12-14-46(30,6)25(23)16-26(52)32(24)47)64-44-41(38(58)35(55)29(20-51)63-44)65-42-39(59)36(56)33(53)27(18-49)61-42/h15,22-44,49-60H,9-14,16-20H2,1-8H3/t22-,23+,24-,25-,26-,27+,28+,29+,30+,31+,32+,33+,34+,35+,36-,37-,38-,39+,40+,41+,42-,43-,44-,46+,47+,48-/m0/s1. The number of fused-ring (bicyclic) bond motifs is 5. The zero-order valence-electron chi connectivity index (χ0n) is 40.0. The number of hydrogen-bond donors (Lipinski definition) is 12. The zero-order chi connectivity index (χ0) is 48.6. The zero-order valence-corrected chi connectivity index (χ0v) is 40.0. The first-order chi connectivity index (χ1) is 30.9. The summed E-state index contributed by atoms with van der Waals surface area (Å²) in [7, 11) is 0. The maximum Gasteiger partial charge on any atom is 0.187 e. The molecule has 0 aromatic heterocycles. The van der Waals surface area contributed by atoms with Gasteiger partial charge in [-0.1, -0.05) is 46.3 Å². The molecule has 3 heterocycles. The van der Waals surface area contributed by atoms with Crippen molar-refractivity contribution in [2.75, 3.05) is 19.8 Å². The predicted molar refractivity (Wildman–Crippen MR) is 234 cm³/mol. The molecule has 18 nitrogen and oxygen atoms in total. The smallest absolute Gasteiger partial charge is 0.187 e. The third-order valence-corrected chi connectivity index (χ3v) is 18.1.